The van der Waals surface area contributed by atoms with Crippen LogP contribution in [-0.2, 0) is 10.0 Å². The Labute approximate surface area is 153 Å². The van der Waals surface area contributed by atoms with Crippen LogP contribution < -0.4 is 14.8 Å². The number of hydrogen-bond donors (Lipinski definition) is 2. The molecule has 138 valence electrons. The lowest BCUT2D eigenvalue weighted by Gasteiger charge is -2.14. The Balaban J connectivity index is 1.80. The minimum absolute atomic E-state index is 0.0301. The summed E-state index contributed by atoms with van der Waals surface area (Å²) in [5, 5.41) is 2.97. The molecule has 0 spiro atoms. The highest BCUT2D eigenvalue weighted by Crippen LogP contribution is 2.26. The van der Waals surface area contributed by atoms with Crippen molar-refractivity contribution in [3.05, 3.63) is 54.1 Å². The summed E-state index contributed by atoms with van der Waals surface area (Å²) in [6, 6.07) is 13.0. The topological polar surface area (TPSA) is 84.5 Å². The van der Waals surface area contributed by atoms with E-state index < -0.39 is 10.0 Å². The molecule has 3 rings (SSSR count). The van der Waals surface area contributed by atoms with E-state index in [-0.39, 0.29) is 16.8 Å². The van der Waals surface area contributed by atoms with Gasteiger partial charge >= 0.3 is 0 Å². The van der Waals surface area contributed by atoms with Gasteiger partial charge in [-0.3, -0.25) is 9.52 Å². The van der Waals surface area contributed by atoms with Crippen LogP contribution in [0.4, 0.5) is 5.69 Å². The van der Waals surface area contributed by atoms with E-state index in [0.29, 0.717) is 17.0 Å². The lowest BCUT2D eigenvalue weighted by atomic mass is 10.2. The standard InChI is InChI=1S/C19H22N2O4S/c1-25-18-12-5-4-11-17(18)21-26(23,24)16-10-6-7-14(13-16)19(22)20-15-8-2-3-9-15/h4-7,10-13,15,21H,2-3,8-9H2,1H3,(H,20,22). The van der Waals surface area contributed by atoms with Gasteiger partial charge in [-0.2, -0.15) is 0 Å². The largest absolute Gasteiger partial charge is 0.495 e. The van der Waals surface area contributed by atoms with Gasteiger partial charge in [0.15, 0.2) is 0 Å². The highest BCUT2D eigenvalue weighted by atomic mass is 32.2. The van der Waals surface area contributed by atoms with Crippen LogP contribution in [0.5, 0.6) is 5.75 Å². The minimum atomic E-state index is -3.84. The molecule has 1 aliphatic carbocycles. The maximum absolute atomic E-state index is 12.7. The summed E-state index contributed by atoms with van der Waals surface area (Å²) in [5.41, 5.74) is 0.676. The normalized spacial score (nSPS) is 14.8. The van der Waals surface area contributed by atoms with Gasteiger partial charge in [-0.25, -0.2) is 8.42 Å². The highest BCUT2D eigenvalue weighted by Gasteiger charge is 2.21. The van der Waals surface area contributed by atoms with Gasteiger partial charge in [0.25, 0.3) is 15.9 Å². The van der Waals surface area contributed by atoms with E-state index in [1.165, 1.54) is 19.2 Å². The van der Waals surface area contributed by atoms with E-state index in [1.807, 2.05) is 0 Å². The van der Waals surface area contributed by atoms with Crippen LogP contribution in [0, 0.1) is 0 Å². The molecule has 0 saturated heterocycles. The van der Waals surface area contributed by atoms with Gasteiger partial charge in [0.1, 0.15) is 5.75 Å². The second-order valence-electron chi connectivity index (χ2n) is 6.29. The Morgan fingerprint density at radius 3 is 2.54 bits per heavy atom. The summed E-state index contributed by atoms with van der Waals surface area (Å²) in [6.07, 6.45) is 4.17. The summed E-state index contributed by atoms with van der Waals surface area (Å²) in [4.78, 5) is 12.4. The Morgan fingerprint density at radius 1 is 1.08 bits per heavy atom. The van der Waals surface area contributed by atoms with Crippen molar-refractivity contribution in [1.29, 1.82) is 0 Å². The van der Waals surface area contributed by atoms with Crippen LogP contribution in [-0.4, -0.2) is 27.5 Å². The van der Waals surface area contributed by atoms with Crippen LogP contribution in [0.25, 0.3) is 0 Å². The molecule has 6 nitrogen and oxygen atoms in total. The summed E-state index contributed by atoms with van der Waals surface area (Å²) < 4.78 is 33.1. The van der Waals surface area contributed by atoms with E-state index >= 15 is 0 Å². The molecular formula is C19H22N2O4S. The van der Waals surface area contributed by atoms with Crippen LogP contribution in [0.3, 0.4) is 0 Å². The molecule has 1 aliphatic rings. The van der Waals surface area contributed by atoms with Crippen molar-refractivity contribution in [1.82, 2.24) is 5.32 Å². The van der Waals surface area contributed by atoms with Crippen LogP contribution in [0.15, 0.2) is 53.4 Å². The maximum Gasteiger partial charge on any atom is 0.262 e. The Bertz CT molecular complexity index is 890. The third-order valence-electron chi connectivity index (χ3n) is 4.45. The van der Waals surface area contributed by atoms with E-state index in [4.69, 9.17) is 4.74 Å². The summed E-state index contributed by atoms with van der Waals surface area (Å²) in [5.74, 6) is 0.178. The van der Waals surface area contributed by atoms with Gasteiger partial charge in [-0.1, -0.05) is 31.0 Å². The molecule has 1 amide bonds. The van der Waals surface area contributed by atoms with E-state index in [1.54, 1.807) is 36.4 Å². The number of methoxy groups -OCH3 is 1. The van der Waals surface area contributed by atoms with Crippen molar-refractivity contribution >= 4 is 21.6 Å². The van der Waals surface area contributed by atoms with Crippen molar-refractivity contribution in [3.63, 3.8) is 0 Å². The smallest absolute Gasteiger partial charge is 0.262 e. The van der Waals surface area contributed by atoms with E-state index in [9.17, 15) is 13.2 Å². The molecule has 2 aromatic carbocycles. The predicted molar refractivity (Wildman–Crippen MR) is 100.0 cm³/mol. The first-order valence-corrected chi connectivity index (χ1v) is 10.0. The zero-order valence-electron chi connectivity index (χ0n) is 14.6. The summed E-state index contributed by atoms with van der Waals surface area (Å²) in [6.45, 7) is 0. The van der Waals surface area contributed by atoms with Crippen LogP contribution in [0.1, 0.15) is 36.0 Å². The number of sulfonamides is 1. The fourth-order valence-electron chi connectivity index (χ4n) is 3.08. The molecule has 0 atom stereocenters. The predicted octanol–water partition coefficient (Wildman–Crippen LogP) is 3.17. The number of ether oxygens (including phenoxy) is 1. The van der Waals surface area contributed by atoms with E-state index in [2.05, 4.69) is 10.0 Å². The van der Waals surface area contributed by atoms with Crippen LogP contribution >= 0.6 is 0 Å². The molecule has 2 N–H and O–H groups in total. The first-order chi connectivity index (χ1) is 12.5. The zero-order chi connectivity index (χ0) is 18.6. The number of amides is 1. The number of carbonyl (C=O) groups excluding carboxylic acids is 1. The van der Waals surface area contributed by atoms with Gasteiger partial charge in [-0.15, -0.1) is 0 Å². The van der Waals surface area contributed by atoms with Gasteiger partial charge in [0.05, 0.1) is 17.7 Å². The third kappa shape index (κ3) is 4.16. The lowest BCUT2D eigenvalue weighted by molar-refractivity contribution is 0.0937. The maximum atomic E-state index is 12.7. The number of carbonyl (C=O) groups is 1. The Morgan fingerprint density at radius 2 is 1.81 bits per heavy atom. The van der Waals surface area contributed by atoms with E-state index in [0.717, 1.165) is 25.7 Å². The number of para-hydroxylation sites is 2. The van der Waals surface area contributed by atoms with Gasteiger partial charge in [0, 0.05) is 11.6 Å². The minimum Gasteiger partial charge on any atom is -0.495 e. The Hall–Kier alpha value is -2.54. The van der Waals surface area contributed by atoms with Gasteiger partial charge in [-0.05, 0) is 43.2 Å². The molecule has 7 heteroatoms. The average Bonchev–Trinajstić information content (AvgIpc) is 3.15. The highest BCUT2D eigenvalue weighted by molar-refractivity contribution is 7.92. The fourth-order valence-corrected chi connectivity index (χ4v) is 4.19. The van der Waals surface area contributed by atoms with Crippen molar-refractivity contribution in [3.8, 4) is 5.75 Å². The summed E-state index contributed by atoms with van der Waals surface area (Å²) >= 11 is 0. The second-order valence-corrected chi connectivity index (χ2v) is 7.97. The Kier molecular flexibility index (Phi) is 5.46. The molecule has 1 fully saturated rings. The molecule has 26 heavy (non-hydrogen) atoms. The monoisotopic (exact) mass is 374 g/mol. The van der Waals surface area contributed by atoms with Crippen LogP contribution in [0.2, 0.25) is 0 Å². The van der Waals surface area contributed by atoms with Gasteiger partial charge < -0.3 is 10.1 Å². The van der Waals surface area contributed by atoms with Crippen molar-refractivity contribution in [2.75, 3.05) is 11.8 Å². The van der Waals surface area contributed by atoms with Gasteiger partial charge in [0.2, 0.25) is 0 Å². The first kappa shape index (κ1) is 18.3. The van der Waals surface area contributed by atoms with Crippen molar-refractivity contribution in [2.45, 2.75) is 36.6 Å². The SMILES string of the molecule is COc1ccccc1NS(=O)(=O)c1cccc(C(=O)NC2CCCC2)c1. The van der Waals surface area contributed by atoms with Crippen molar-refractivity contribution in [2.24, 2.45) is 0 Å². The fraction of sp³-hybridized carbons (Fsp3) is 0.316. The molecular weight excluding hydrogens is 352 g/mol. The number of benzene rings is 2. The molecule has 0 heterocycles. The molecule has 0 bridgehead atoms. The second kappa shape index (κ2) is 7.78. The third-order valence-corrected chi connectivity index (χ3v) is 5.81. The number of anilines is 1. The lowest BCUT2D eigenvalue weighted by Crippen LogP contribution is -2.32. The number of hydrogen-bond acceptors (Lipinski definition) is 4. The first-order valence-electron chi connectivity index (χ1n) is 8.56. The summed E-state index contributed by atoms with van der Waals surface area (Å²) in [7, 11) is -2.37. The molecule has 0 unspecified atom stereocenters. The zero-order valence-corrected chi connectivity index (χ0v) is 15.4. The number of nitrogens with one attached hydrogen (secondary N) is 2. The molecule has 1 saturated carbocycles. The quantitative estimate of drug-likeness (QED) is 0.813. The molecule has 2 aromatic rings. The van der Waals surface area contributed by atoms with Crippen molar-refractivity contribution < 1.29 is 17.9 Å². The molecule has 0 radical (unpaired) electrons. The molecule has 0 aromatic heterocycles. The molecule has 0 aliphatic heterocycles. The number of rotatable bonds is 6. The average molecular weight is 374 g/mol.